The molecule has 0 rings (SSSR count). The zero-order valence-electron chi connectivity index (χ0n) is 9.24. The van der Waals surface area contributed by atoms with Gasteiger partial charge in [0.05, 0.1) is 12.7 Å². The van der Waals surface area contributed by atoms with Gasteiger partial charge in [-0.25, -0.2) is 0 Å². The van der Waals surface area contributed by atoms with Crippen LogP contribution >= 0.6 is 7.60 Å². The lowest BCUT2D eigenvalue weighted by Crippen LogP contribution is -2.08. The first-order chi connectivity index (χ1) is 5.87. The Hall–Kier alpha value is 0.150. The molecule has 0 radical (unpaired) electrons. The summed E-state index contributed by atoms with van der Waals surface area (Å²) in [6.07, 6.45) is 0.853. The molecule has 80 valence electrons. The predicted octanol–water partition coefficient (Wildman–Crippen LogP) is 3.30. The van der Waals surface area contributed by atoms with E-state index in [0.717, 1.165) is 6.42 Å². The van der Waals surface area contributed by atoms with Gasteiger partial charge in [-0.15, -0.1) is 0 Å². The summed E-state index contributed by atoms with van der Waals surface area (Å²) < 4.78 is 22.1. The van der Waals surface area contributed by atoms with Crippen LogP contribution in [0.1, 0.15) is 34.1 Å². The molecule has 2 atom stereocenters. The van der Waals surface area contributed by atoms with Gasteiger partial charge in [-0.1, -0.05) is 20.8 Å². The van der Waals surface area contributed by atoms with Crippen molar-refractivity contribution in [1.29, 1.82) is 0 Å². The van der Waals surface area contributed by atoms with E-state index in [1.165, 1.54) is 6.66 Å². The van der Waals surface area contributed by atoms with E-state index in [9.17, 15) is 4.57 Å². The smallest absolute Gasteiger partial charge is 0.308 e. The highest BCUT2D eigenvalue weighted by molar-refractivity contribution is 7.53. The fraction of sp³-hybridized carbons (Fsp3) is 1.00. The van der Waals surface area contributed by atoms with E-state index < -0.39 is 7.60 Å². The normalized spacial score (nSPS) is 18.6. The first-order valence-corrected chi connectivity index (χ1v) is 6.76. The van der Waals surface area contributed by atoms with Crippen LogP contribution in [0.5, 0.6) is 0 Å². The average Bonchev–Trinajstić information content (AvgIpc) is 2.00. The molecule has 0 aliphatic carbocycles. The molecule has 0 aromatic rings. The summed E-state index contributed by atoms with van der Waals surface area (Å²) in [5.41, 5.74) is 0. The van der Waals surface area contributed by atoms with Crippen LogP contribution < -0.4 is 0 Å². The second-order valence-electron chi connectivity index (χ2n) is 3.79. The Labute approximate surface area is 81.3 Å². The van der Waals surface area contributed by atoms with Gasteiger partial charge < -0.3 is 9.05 Å². The molecule has 0 saturated heterocycles. The van der Waals surface area contributed by atoms with Gasteiger partial charge in [0.2, 0.25) is 0 Å². The highest BCUT2D eigenvalue weighted by Gasteiger charge is 2.20. The molecule has 0 heterocycles. The first kappa shape index (κ1) is 13.2. The largest absolute Gasteiger partial charge is 0.327 e. The number of rotatable bonds is 6. The molecule has 13 heavy (non-hydrogen) atoms. The summed E-state index contributed by atoms with van der Waals surface area (Å²) in [6, 6.07) is 0. The summed E-state index contributed by atoms with van der Waals surface area (Å²) >= 11 is 0. The Morgan fingerprint density at radius 3 is 2.23 bits per heavy atom. The van der Waals surface area contributed by atoms with Crippen molar-refractivity contribution in [2.45, 2.75) is 40.2 Å². The second-order valence-corrected chi connectivity index (χ2v) is 5.80. The van der Waals surface area contributed by atoms with Crippen LogP contribution in [0.4, 0.5) is 0 Å². The van der Waals surface area contributed by atoms with Crippen molar-refractivity contribution < 1.29 is 13.6 Å². The summed E-state index contributed by atoms with van der Waals surface area (Å²) in [5.74, 6) is 0.383. The van der Waals surface area contributed by atoms with Gasteiger partial charge in [0.15, 0.2) is 0 Å². The summed E-state index contributed by atoms with van der Waals surface area (Å²) in [4.78, 5) is 0. The molecular formula is C9H21O3P. The van der Waals surface area contributed by atoms with Gasteiger partial charge in [0.1, 0.15) is 0 Å². The average molecular weight is 208 g/mol. The third kappa shape index (κ3) is 7.24. The minimum atomic E-state index is -2.82. The fourth-order valence-corrected chi connectivity index (χ4v) is 2.15. The lowest BCUT2D eigenvalue weighted by molar-refractivity contribution is 0.149. The Morgan fingerprint density at radius 1 is 1.31 bits per heavy atom. The van der Waals surface area contributed by atoms with Gasteiger partial charge >= 0.3 is 7.60 Å². The lowest BCUT2D eigenvalue weighted by atomic mass is 10.2. The Kier molecular flexibility index (Phi) is 5.86. The summed E-state index contributed by atoms with van der Waals surface area (Å²) in [7, 11) is -2.82. The minimum absolute atomic E-state index is 0.00277. The predicted molar refractivity (Wildman–Crippen MR) is 55.2 cm³/mol. The van der Waals surface area contributed by atoms with Crippen molar-refractivity contribution in [1.82, 2.24) is 0 Å². The van der Waals surface area contributed by atoms with E-state index in [1.807, 2.05) is 27.7 Å². The third-order valence-corrected chi connectivity index (χ3v) is 2.95. The van der Waals surface area contributed by atoms with Gasteiger partial charge in [-0.3, -0.25) is 4.57 Å². The SMILES string of the molecule is CCC(C)OP(C)(=O)OCC(C)C. The molecule has 0 aliphatic heterocycles. The molecular weight excluding hydrogens is 187 g/mol. The summed E-state index contributed by atoms with van der Waals surface area (Å²) in [6.45, 7) is 9.94. The molecule has 0 aromatic carbocycles. The molecule has 0 bridgehead atoms. The molecule has 0 fully saturated rings. The molecule has 0 saturated carbocycles. The van der Waals surface area contributed by atoms with Crippen LogP contribution in [0.3, 0.4) is 0 Å². The lowest BCUT2D eigenvalue weighted by Gasteiger charge is -2.19. The van der Waals surface area contributed by atoms with E-state index in [4.69, 9.17) is 9.05 Å². The van der Waals surface area contributed by atoms with Gasteiger partial charge in [-0.2, -0.15) is 0 Å². The van der Waals surface area contributed by atoms with E-state index in [-0.39, 0.29) is 6.10 Å². The maximum Gasteiger partial charge on any atom is 0.327 e. The Bertz CT molecular complexity index is 180. The highest BCUT2D eigenvalue weighted by atomic mass is 31.2. The number of hydrogen-bond acceptors (Lipinski definition) is 3. The van der Waals surface area contributed by atoms with E-state index in [2.05, 4.69) is 0 Å². The highest BCUT2D eigenvalue weighted by Crippen LogP contribution is 2.45. The van der Waals surface area contributed by atoms with Gasteiger partial charge in [0.25, 0.3) is 0 Å². The molecule has 4 heteroatoms. The topological polar surface area (TPSA) is 35.5 Å². The van der Waals surface area contributed by atoms with Crippen LogP contribution in [0.25, 0.3) is 0 Å². The maximum atomic E-state index is 11.6. The summed E-state index contributed by atoms with van der Waals surface area (Å²) in [5, 5.41) is 0. The molecule has 0 aliphatic rings. The monoisotopic (exact) mass is 208 g/mol. The molecule has 0 spiro atoms. The van der Waals surface area contributed by atoms with Crippen LogP contribution in [0, 0.1) is 5.92 Å². The quantitative estimate of drug-likeness (QED) is 0.628. The van der Waals surface area contributed by atoms with E-state index in [1.54, 1.807) is 0 Å². The third-order valence-electron chi connectivity index (χ3n) is 1.59. The molecule has 2 unspecified atom stereocenters. The van der Waals surface area contributed by atoms with Crippen molar-refractivity contribution in [2.24, 2.45) is 5.92 Å². The molecule has 0 aromatic heterocycles. The Balaban J connectivity index is 3.87. The van der Waals surface area contributed by atoms with Crippen molar-refractivity contribution in [3.63, 3.8) is 0 Å². The minimum Gasteiger partial charge on any atom is -0.308 e. The van der Waals surface area contributed by atoms with Gasteiger partial charge in [-0.05, 0) is 19.3 Å². The van der Waals surface area contributed by atoms with Crippen LogP contribution in [0.2, 0.25) is 0 Å². The van der Waals surface area contributed by atoms with Crippen LogP contribution in [-0.2, 0) is 13.6 Å². The van der Waals surface area contributed by atoms with Crippen LogP contribution in [0.15, 0.2) is 0 Å². The maximum absolute atomic E-state index is 11.6. The first-order valence-electron chi connectivity index (χ1n) is 4.77. The fourth-order valence-electron chi connectivity index (χ4n) is 0.716. The van der Waals surface area contributed by atoms with Crippen molar-refractivity contribution in [3.8, 4) is 0 Å². The van der Waals surface area contributed by atoms with Crippen molar-refractivity contribution in [2.75, 3.05) is 13.3 Å². The second kappa shape index (κ2) is 5.79. The Morgan fingerprint density at radius 2 is 1.85 bits per heavy atom. The van der Waals surface area contributed by atoms with E-state index in [0.29, 0.717) is 12.5 Å². The van der Waals surface area contributed by atoms with Crippen molar-refractivity contribution in [3.05, 3.63) is 0 Å². The number of hydrogen-bond donors (Lipinski definition) is 0. The molecule has 0 N–H and O–H groups in total. The van der Waals surface area contributed by atoms with Gasteiger partial charge in [0, 0.05) is 6.66 Å². The van der Waals surface area contributed by atoms with Crippen LogP contribution in [-0.4, -0.2) is 19.4 Å². The zero-order valence-corrected chi connectivity index (χ0v) is 10.1. The van der Waals surface area contributed by atoms with E-state index >= 15 is 0 Å². The zero-order chi connectivity index (χ0) is 10.5. The van der Waals surface area contributed by atoms with Crippen molar-refractivity contribution >= 4 is 7.60 Å². The standard InChI is InChI=1S/C9H21O3P/c1-6-9(4)12-13(5,10)11-7-8(2)3/h8-9H,6-7H2,1-5H3. The molecule has 3 nitrogen and oxygen atoms in total. The molecule has 0 amide bonds.